The van der Waals surface area contributed by atoms with Crippen molar-refractivity contribution in [1.29, 1.82) is 0 Å². The molecule has 0 fully saturated rings. The molecule has 16 heavy (non-hydrogen) atoms. The van der Waals surface area contributed by atoms with Gasteiger partial charge in [-0.25, -0.2) is 0 Å². The second kappa shape index (κ2) is 6.89. The lowest BCUT2D eigenvalue weighted by Crippen LogP contribution is -2.39. The zero-order valence-corrected chi connectivity index (χ0v) is 11.5. The van der Waals surface area contributed by atoms with Crippen LogP contribution in [0.2, 0.25) is 0 Å². The number of hydrogen-bond donors (Lipinski definition) is 2. The van der Waals surface area contributed by atoms with Crippen molar-refractivity contribution in [2.24, 2.45) is 17.1 Å². The van der Waals surface area contributed by atoms with E-state index in [1.807, 2.05) is 0 Å². The van der Waals surface area contributed by atoms with Gasteiger partial charge in [0.1, 0.15) is 0 Å². The van der Waals surface area contributed by atoms with Gasteiger partial charge in [0.25, 0.3) is 0 Å². The summed E-state index contributed by atoms with van der Waals surface area (Å²) in [7, 11) is 0. The van der Waals surface area contributed by atoms with Crippen LogP contribution in [0, 0.1) is 11.3 Å². The lowest BCUT2D eigenvalue weighted by atomic mass is 9.88. The zero-order valence-electron chi connectivity index (χ0n) is 11.5. The number of carbonyl (C=O) groups is 1. The summed E-state index contributed by atoms with van der Waals surface area (Å²) in [5.41, 5.74) is 6.17. The highest BCUT2D eigenvalue weighted by molar-refractivity contribution is 5.75. The molecular formula is C13H28N2O. The van der Waals surface area contributed by atoms with Crippen molar-refractivity contribution in [3.8, 4) is 0 Å². The van der Waals surface area contributed by atoms with Gasteiger partial charge in [0.15, 0.2) is 0 Å². The molecule has 1 atom stereocenters. The Balaban J connectivity index is 3.67. The molecule has 0 saturated carbocycles. The molecule has 0 aliphatic heterocycles. The topological polar surface area (TPSA) is 55.1 Å². The molecule has 3 nitrogen and oxygen atoms in total. The second-order valence-electron chi connectivity index (χ2n) is 6.26. The van der Waals surface area contributed by atoms with Gasteiger partial charge in [0.2, 0.25) is 5.91 Å². The number of amides is 1. The third-order valence-electron chi connectivity index (χ3n) is 2.38. The van der Waals surface area contributed by atoms with Gasteiger partial charge in [-0.15, -0.1) is 0 Å². The van der Waals surface area contributed by atoms with E-state index in [0.717, 1.165) is 12.8 Å². The molecule has 1 unspecified atom stereocenters. The first-order chi connectivity index (χ1) is 7.20. The molecular weight excluding hydrogens is 200 g/mol. The minimum absolute atomic E-state index is 0.0583. The lowest BCUT2D eigenvalue weighted by Gasteiger charge is -2.23. The molecule has 1 amide bonds. The Morgan fingerprint density at radius 2 is 1.88 bits per heavy atom. The standard InChI is InChI=1S/C13H28N2O/c1-10(2)6-7-12(16)15-9-11(14)8-13(3,4)5/h10-11H,6-9,14H2,1-5H3,(H,15,16). The summed E-state index contributed by atoms with van der Waals surface area (Å²) < 4.78 is 0. The Morgan fingerprint density at radius 3 is 2.31 bits per heavy atom. The molecule has 3 heteroatoms. The van der Waals surface area contributed by atoms with E-state index in [-0.39, 0.29) is 17.4 Å². The van der Waals surface area contributed by atoms with Crippen LogP contribution in [0.1, 0.15) is 53.9 Å². The lowest BCUT2D eigenvalue weighted by molar-refractivity contribution is -0.121. The molecule has 0 aliphatic rings. The quantitative estimate of drug-likeness (QED) is 0.733. The van der Waals surface area contributed by atoms with Crippen LogP contribution in [0.25, 0.3) is 0 Å². The van der Waals surface area contributed by atoms with E-state index < -0.39 is 0 Å². The van der Waals surface area contributed by atoms with E-state index >= 15 is 0 Å². The summed E-state index contributed by atoms with van der Waals surface area (Å²) >= 11 is 0. The van der Waals surface area contributed by atoms with Crippen LogP contribution in [-0.2, 0) is 4.79 Å². The fraction of sp³-hybridized carbons (Fsp3) is 0.923. The van der Waals surface area contributed by atoms with Gasteiger partial charge in [-0.3, -0.25) is 4.79 Å². The molecule has 0 bridgehead atoms. The van der Waals surface area contributed by atoms with Gasteiger partial charge in [-0.1, -0.05) is 34.6 Å². The molecule has 0 aromatic heterocycles. The molecule has 0 aliphatic carbocycles. The molecule has 0 spiro atoms. The summed E-state index contributed by atoms with van der Waals surface area (Å²) in [5.74, 6) is 0.701. The van der Waals surface area contributed by atoms with Crippen LogP contribution < -0.4 is 11.1 Å². The van der Waals surface area contributed by atoms with Crippen molar-refractivity contribution in [2.75, 3.05) is 6.54 Å². The minimum Gasteiger partial charge on any atom is -0.355 e. The molecule has 0 aromatic carbocycles. The van der Waals surface area contributed by atoms with E-state index in [1.54, 1.807) is 0 Å². The first-order valence-electron chi connectivity index (χ1n) is 6.23. The van der Waals surface area contributed by atoms with Crippen LogP contribution in [-0.4, -0.2) is 18.5 Å². The maximum absolute atomic E-state index is 11.5. The SMILES string of the molecule is CC(C)CCC(=O)NCC(N)CC(C)(C)C. The summed E-state index contributed by atoms with van der Waals surface area (Å²) in [6, 6.07) is 0.0583. The van der Waals surface area contributed by atoms with E-state index in [1.165, 1.54) is 0 Å². The number of nitrogens with one attached hydrogen (secondary N) is 1. The van der Waals surface area contributed by atoms with Crippen molar-refractivity contribution in [2.45, 2.75) is 59.9 Å². The Kier molecular flexibility index (Phi) is 6.65. The van der Waals surface area contributed by atoms with Gasteiger partial charge < -0.3 is 11.1 Å². The third kappa shape index (κ3) is 9.97. The van der Waals surface area contributed by atoms with Gasteiger partial charge in [-0.2, -0.15) is 0 Å². The van der Waals surface area contributed by atoms with Crippen LogP contribution in [0.4, 0.5) is 0 Å². The molecule has 0 rings (SSSR count). The van der Waals surface area contributed by atoms with Crippen molar-refractivity contribution in [3.63, 3.8) is 0 Å². The first-order valence-corrected chi connectivity index (χ1v) is 6.23. The highest BCUT2D eigenvalue weighted by Crippen LogP contribution is 2.19. The minimum atomic E-state index is 0.0583. The molecule has 0 saturated heterocycles. The predicted molar refractivity (Wildman–Crippen MR) is 69.1 cm³/mol. The van der Waals surface area contributed by atoms with Gasteiger partial charge in [0.05, 0.1) is 0 Å². The van der Waals surface area contributed by atoms with Crippen molar-refractivity contribution in [3.05, 3.63) is 0 Å². The summed E-state index contributed by atoms with van der Waals surface area (Å²) in [4.78, 5) is 11.5. The van der Waals surface area contributed by atoms with Crippen molar-refractivity contribution < 1.29 is 4.79 Å². The second-order valence-corrected chi connectivity index (χ2v) is 6.26. The smallest absolute Gasteiger partial charge is 0.220 e. The van der Waals surface area contributed by atoms with Crippen LogP contribution in [0.3, 0.4) is 0 Å². The van der Waals surface area contributed by atoms with Crippen LogP contribution in [0.5, 0.6) is 0 Å². The van der Waals surface area contributed by atoms with Crippen LogP contribution in [0.15, 0.2) is 0 Å². The summed E-state index contributed by atoms with van der Waals surface area (Å²) in [5, 5.41) is 2.90. The fourth-order valence-electron chi connectivity index (χ4n) is 1.61. The average Bonchev–Trinajstić information content (AvgIpc) is 2.08. The molecule has 3 N–H and O–H groups in total. The Bertz CT molecular complexity index is 206. The average molecular weight is 228 g/mol. The number of rotatable bonds is 6. The summed E-state index contributed by atoms with van der Waals surface area (Å²) in [6.07, 6.45) is 2.48. The molecule has 96 valence electrons. The third-order valence-corrected chi connectivity index (χ3v) is 2.38. The molecule has 0 radical (unpaired) electrons. The fourth-order valence-corrected chi connectivity index (χ4v) is 1.61. The van der Waals surface area contributed by atoms with Crippen LogP contribution >= 0.6 is 0 Å². The van der Waals surface area contributed by atoms with Crippen molar-refractivity contribution >= 4 is 5.91 Å². The Labute approximate surface area is 100 Å². The van der Waals surface area contributed by atoms with E-state index in [2.05, 4.69) is 39.9 Å². The normalized spacial score (nSPS) is 13.9. The Morgan fingerprint density at radius 1 is 1.31 bits per heavy atom. The predicted octanol–water partition coefficient (Wildman–Crippen LogP) is 2.30. The molecule has 0 aromatic rings. The number of carbonyl (C=O) groups excluding carboxylic acids is 1. The maximum atomic E-state index is 11.5. The maximum Gasteiger partial charge on any atom is 0.220 e. The number of hydrogen-bond acceptors (Lipinski definition) is 2. The molecule has 0 heterocycles. The van der Waals surface area contributed by atoms with E-state index in [4.69, 9.17) is 5.73 Å². The Hall–Kier alpha value is -0.570. The highest BCUT2D eigenvalue weighted by Gasteiger charge is 2.16. The van der Waals surface area contributed by atoms with E-state index in [0.29, 0.717) is 18.9 Å². The van der Waals surface area contributed by atoms with Gasteiger partial charge >= 0.3 is 0 Å². The number of nitrogens with two attached hydrogens (primary N) is 1. The van der Waals surface area contributed by atoms with Gasteiger partial charge in [0, 0.05) is 19.0 Å². The zero-order chi connectivity index (χ0) is 12.8. The van der Waals surface area contributed by atoms with Crippen molar-refractivity contribution in [1.82, 2.24) is 5.32 Å². The first kappa shape index (κ1) is 15.4. The summed E-state index contributed by atoms with van der Waals surface area (Å²) in [6.45, 7) is 11.3. The largest absolute Gasteiger partial charge is 0.355 e. The monoisotopic (exact) mass is 228 g/mol. The highest BCUT2D eigenvalue weighted by atomic mass is 16.1. The van der Waals surface area contributed by atoms with E-state index in [9.17, 15) is 4.79 Å². The van der Waals surface area contributed by atoms with Gasteiger partial charge in [-0.05, 0) is 24.2 Å².